The van der Waals surface area contributed by atoms with E-state index in [-0.39, 0.29) is 11.6 Å². The van der Waals surface area contributed by atoms with Crippen molar-refractivity contribution in [3.63, 3.8) is 0 Å². The molecule has 1 unspecified atom stereocenters. The molecule has 0 fully saturated rings. The van der Waals surface area contributed by atoms with E-state index in [1.54, 1.807) is 36.4 Å². The second-order valence-corrected chi connectivity index (χ2v) is 9.61. The third kappa shape index (κ3) is 6.82. The van der Waals surface area contributed by atoms with Gasteiger partial charge in [0.05, 0.1) is 11.1 Å². The molecule has 3 nitrogen and oxygen atoms in total. The van der Waals surface area contributed by atoms with Crippen molar-refractivity contribution in [2.45, 2.75) is 18.8 Å². The van der Waals surface area contributed by atoms with Gasteiger partial charge in [-0.2, -0.15) is 17.6 Å². The van der Waals surface area contributed by atoms with Crippen LogP contribution in [0.1, 0.15) is 38.7 Å². The first-order valence-electron chi connectivity index (χ1n) is 11.2. The summed E-state index contributed by atoms with van der Waals surface area (Å²) >= 11 is 18.3. The van der Waals surface area contributed by atoms with Crippen LogP contribution in [0.5, 0.6) is 5.75 Å². The molecule has 4 aromatic carbocycles. The molecular weight excluding hydrogens is 584 g/mol. The molecule has 11 heteroatoms. The zero-order chi connectivity index (χ0) is 28.3. The molecule has 202 valence electrons. The Labute approximate surface area is 235 Å². The lowest BCUT2D eigenvalue weighted by atomic mass is 10.0. The molecule has 0 bridgehead atoms. The van der Waals surface area contributed by atoms with Crippen LogP contribution >= 0.6 is 34.8 Å². The predicted molar refractivity (Wildman–Crippen MR) is 139 cm³/mol. The van der Waals surface area contributed by atoms with Crippen LogP contribution in [0.4, 0.5) is 22.0 Å². The van der Waals surface area contributed by atoms with Crippen molar-refractivity contribution >= 4 is 40.7 Å². The highest BCUT2D eigenvalue weighted by atomic mass is 35.5. The maximum atomic E-state index is 15.1. The van der Waals surface area contributed by atoms with Crippen LogP contribution in [0, 0.1) is 11.6 Å². The first-order chi connectivity index (χ1) is 18.4. The van der Waals surface area contributed by atoms with Crippen molar-refractivity contribution in [1.29, 1.82) is 0 Å². The van der Waals surface area contributed by atoms with Gasteiger partial charge >= 0.3 is 6.18 Å². The minimum Gasteiger partial charge on any atom is -0.478 e. The zero-order valence-electron chi connectivity index (χ0n) is 19.6. The highest BCUT2D eigenvalue weighted by molar-refractivity contribution is 6.35. The van der Waals surface area contributed by atoms with Crippen LogP contribution in [0.2, 0.25) is 15.1 Å². The second-order valence-electron chi connectivity index (χ2n) is 8.33. The molecule has 0 saturated carbocycles. The Kier molecular flexibility index (Phi) is 8.69. The zero-order valence-corrected chi connectivity index (χ0v) is 21.9. The number of benzene rings is 4. The Morgan fingerprint density at radius 2 is 1.46 bits per heavy atom. The summed E-state index contributed by atoms with van der Waals surface area (Å²) in [6, 6.07) is 17.3. The lowest BCUT2D eigenvalue weighted by Crippen LogP contribution is -2.24. The van der Waals surface area contributed by atoms with Gasteiger partial charge in [-0.05, 0) is 59.7 Å². The first kappa shape index (κ1) is 28.7. The van der Waals surface area contributed by atoms with Crippen LogP contribution in [-0.4, -0.2) is 5.91 Å². The van der Waals surface area contributed by atoms with E-state index in [4.69, 9.17) is 39.5 Å². The van der Waals surface area contributed by atoms with Gasteiger partial charge < -0.3 is 10.1 Å². The molecule has 0 radical (unpaired) electrons. The van der Waals surface area contributed by atoms with Crippen molar-refractivity contribution < 1.29 is 31.5 Å². The van der Waals surface area contributed by atoms with Crippen molar-refractivity contribution in [3.05, 3.63) is 133 Å². The number of amides is 1. The maximum absolute atomic E-state index is 15.1. The number of rotatable bonds is 7. The molecular formula is C28H17Cl3F5NO2. The van der Waals surface area contributed by atoms with Gasteiger partial charge in [0.2, 0.25) is 5.82 Å². The normalized spacial score (nSPS) is 12.2. The number of halogens is 8. The van der Waals surface area contributed by atoms with E-state index < -0.39 is 46.7 Å². The number of ether oxygens (including phenoxy) is 1. The molecule has 1 amide bonds. The standard InChI is InChI=1S/C28H17Cl3F5NO2/c29-18-7-3-16(4-8-18)26(20-10-9-19(30)13-22(20)31)39-23-12-11-21(24(32)25(23)33)27(38)37-14-15-1-5-17(6-2-15)28(34,35)36/h1-13,26H,14H2,(H,37,38). The van der Waals surface area contributed by atoms with Crippen molar-refractivity contribution in [2.75, 3.05) is 0 Å². The summed E-state index contributed by atoms with van der Waals surface area (Å²) in [5.41, 5.74) is -0.177. The van der Waals surface area contributed by atoms with E-state index in [9.17, 15) is 22.4 Å². The molecule has 0 aliphatic rings. The fourth-order valence-corrected chi connectivity index (χ4v) is 4.31. The number of alkyl halides is 3. The maximum Gasteiger partial charge on any atom is 0.416 e. The fourth-order valence-electron chi connectivity index (χ4n) is 3.68. The topological polar surface area (TPSA) is 38.3 Å². The van der Waals surface area contributed by atoms with Gasteiger partial charge in [-0.1, -0.05) is 65.1 Å². The Morgan fingerprint density at radius 1 is 0.821 bits per heavy atom. The van der Waals surface area contributed by atoms with Crippen LogP contribution in [-0.2, 0) is 12.7 Å². The van der Waals surface area contributed by atoms with Gasteiger partial charge in [-0.15, -0.1) is 0 Å². The molecule has 4 aromatic rings. The highest BCUT2D eigenvalue weighted by Gasteiger charge is 2.30. The summed E-state index contributed by atoms with van der Waals surface area (Å²) < 4.78 is 74.1. The quantitative estimate of drug-likeness (QED) is 0.215. The second kappa shape index (κ2) is 11.8. The Hall–Kier alpha value is -3.33. The SMILES string of the molecule is O=C(NCc1ccc(C(F)(F)F)cc1)c1ccc(OC(c2ccc(Cl)cc2)c2ccc(Cl)cc2Cl)c(F)c1F. The molecule has 0 aromatic heterocycles. The predicted octanol–water partition coefficient (Wildman–Crippen LogP) is 9.04. The van der Waals surface area contributed by atoms with Crippen LogP contribution < -0.4 is 10.1 Å². The van der Waals surface area contributed by atoms with E-state index in [0.717, 1.165) is 24.3 Å². The smallest absolute Gasteiger partial charge is 0.416 e. The molecule has 39 heavy (non-hydrogen) atoms. The van der Waals surface area contributed by atoms with Gasteiger partial charge in [-0.3, -0.25) is 4.79 Å². The van der Waals surface area contributed by atoms with Gasteiger partial charge in [0.1, 0.15) is 0 Å². The summed E-state index contributed by atoms with van der Waals surface area (Å²) in [6.07, 6.45) is -5.49. The molecule has 1 N–H and O–H groups in total. The first-order valence-corrected chi connectivity index (χ1v) is 12.4. The van der Waals surface area contributed by atoms with E-state index in [1.165, 1.54) is 18.2 Å². The molecule has 0 aliphatic heterocycles. The molecule has 0 spiro atoms. The van der Waals surface area contributed by atoms with E-state index in [2.05, 4.69) is 5.32 Å². The molecule has 4 rings (SSSR count). The lowest BCUT2D eigenvalue weighted by Gasteiger charge is -2.22. The molecule has 0 saturated heterocycles. The van der Waals surface area contributed by atoms with E-state index in [0.29, 0.717) is 26.7 Å². The van der Waals surface area contributed by atoms with Crippen LogP contribution in [0.3, 0.4) is 0 Å². The summed E-state index contributed by atoms with van der Waals surface area (Å²) in [7, 11) is 0. The van der Waals surface area contributed by atoms with Crippen molar-refractivity contribution in [1.82, 2.24) is 5.32 Å². The number of hydrogen-bond donors (Lipinski definition) is 1. The summed E-state index contributed by atoms with van der Waals surface area (Å²) in [6.45, 7) is -0.204. The van der Waals surface area contributed by atoms with Crippen LogP contribution in [0.25, 0.3) is 0 Å². The molecule has 1 atom stereocenters. The molecule has 0 heterocycles. The third-order valence-corrected chi connectivity index (χ3v) is 6.50. The largest absolute Gasteiger partial charge is 0.478 e. The molecule has 0 aliphatic carbocycles. The number of carbonyl (C=O) groups excluding carboxylic acids is 1. The average molecular weight is 601 g/mol. The number of nitrogens with one attached hydrogen (secondary N) is 1. The van der Waals surface area contributed by atoms with Gasteiger partial charge in [0, 0.05) is 27.2 Å². The summed E-state index contributed by atoms with van der Waals surface area (Å²) in [5, 5.41) is 3.40. The monoisotopic (exact) mass is 599 g/mol. The summed E-state index contributed by atoms with van der Waals surface area (Å²) in [5.74, 6) is -4.33. The third-order valence-electron chi connectivity index (χ3n) is 5.69. The minimum atomic E-state index is -4.50. The van der Waals surface area contributed by atoms with Crippen molar-refractivity contribution in [2.24, 2.45) is 0 Å². The van der Waals surface area contributed by atoms with Gasteiger partial charge in [-0.25, -0.2) is 4.39 Å². The van der Waals surface area contributed by atoms with Gasteiger partial charge in [0.15, 0.2) is 17.7 Å². The van der Waals surface area contributed by atoms with Gasteiger partial charge in [0.25, 0.3) is 5.91 Å². The number of hydrogen-bond acceptors (Lipinski definition) is 2. The Bertz CT molecular complexity index is 1490. The summed E-state index contributed by atoms with van der Waals surface area (Å²) in [4.78, 5) is 12.5. The highest BCUT2D eigenvalue weighted by Crippen LogP contribution is 2.36. The van der Waals surface area contributed by atoms with Crippen molar-refractivity contribution in [3.8, 4) is 5.75 Å². The Balaban J connectivity index is 1.56. The fraction of sp³-hybridized carbons (Fsp3) is 0.107. The van der Waals surface area contributed by atoms with E-state index in [1.807, 2.05) is 0 Å². The average Bonchev–Trinajstić information content (AvgIpc) is 2.89. The van der Waals surface area contributed by atoms with E-state index >= 15 is 4.39 Å². The Morgan fingerprint density at radius 3 is 2.08 bits per heavy atom. The minimum absolute atomic E-state index is 0.204. The lowest BCUT2D eigenvalue weighted by molar-refractivity contribution is -0.137. The number of carbonyl (C=O) groups is 1. The van der Waals surface area contributed by atoms with Crippen LogP contribution in [0.15, 0.2) is 78.9 Å².